The molecule has 0 aromatic rings. The Kier molecular flexibility index (Phi) is 5.74. The van der Waals surface area contributed by atoms with Gasteiger partial charge in [-0.1, -0.05) is 18.2 Å². The van der Waals surface area contributed by atoms with Gasteiger partial charge in [-0.05, 0) is 46.1 Å². The molecule has 168 valence electrons. The standard InChI is InChI=1S/C19H24F3NO6S/c1-17(2,3)28-16(24)23-10-8-18(9-11-23)12-15(29-30(25,26)19(20,21)22)13-6-4-5-7-14(13)27-18/h4-6,12,14H,7-11H2,1-3H3. The number of fused-ring (bicyclic) bond motifs is 1. The van der Waals surface area contributed by atoms with Crippen molar-refractivity contribution in [1.82, 2.24) is 4.90 Å². The molecule has 0 aromatic carbocycles. The molecule has 7 nitrogen and oxygen atoms in total. The summed E-state index contributed by atoms with van der Waals surface area (Å²) >= 11 is 0. The zero-order valence-corrected chi connectivity index (χ0v) is 17.7. The van der Waals surface area contributed by atoms with Gasteiger partial charge in [0.05, 0.1) is 11.7 Å². The lowest BCUT2D eigenvalue weighted by Gasteiger charge is -2.45. The van der Waals surface area contributed by atoms with E-state index in [4.69, 9.17) is 9.47 Å². The normalized spacial score (nSPS) is 24.1. The van der Waals surface area contributed by atoms with Crippen molar-refractivity contribution in [3.05, 3.63) is 35.6 Å². The highest BCUT2D eigenvalue weighted by Gasteiger charge is 2.51. The molecule has 30 heavy (non-hydrogen) atoms. The molecule has 0 N–H and O–H groups in total. The molecule has 2 heterocycles. The SMILES string of the molecule is CC(C)(C)OC(=O)N1CCC2(C=C(OS(=O)(=O)C(F)(F)F)C3=CC=CCC3O2)CC1. The Bertz CT molecular complexity index is 890. The predicted octanol–water partition coefficient (Wildman–Crippen LogP) is 3.79. The first kappa shape index (κ1) is 22.7. The molecule has 0 saturated carbocycles. The molecule has 1 spiro atoms. The third-order valence-corrected chi connectivity index (χ3v) is 5.87. The Morgan fingerprint density at radius 2 is 1.87 bits per heavy atom. The van der Waals surface area contributed by atoms with Gasteiger partial charge in [-0.15, -0.1) is 0 Å². The van der Waals surface area contributed by atoms with Gasteiger partial charge in [-0.25, -0.2) is 4.79 Å². The van der Waals surface area contributed by atoms with Crippen LogP contribution in [0.4, 0.5) is 18.0 Å². The van der Waals surface area contributed by atoms with Gasteiger partial charge in [0, 0.05) is 18.7 Å². The molecular formula is C19H24F3NO6S. The van der Waals surface area contributed by atoms with Gasteiger partial charge in [-0.2, -0.15) is 21.6 Å². The highest BCUT2D eigenvalue weighted by molar-refractivity contribution is 7.87. The van der Waals surface area contributed by atoms with Crippen LogP contribution >= 0.6 is 0 Å². The number of ether oxygens (including phenoxy) is 2. The van der Waals surface area contributed by atoms with Crippen LogP contribution in [0.25, 0.3) is 0 Å². The first-order valence-electron chi connectivity index (χ1n) is 9.48. The number of amides is 1. The van der Waals surface area contributed by atoms with Gasteiger partial charge < -0.3 is 18.6 Å². The van der Waals surface area contributed by atoms with Crippen molar-refractivity contribution < 1.29 is 40.0 Å². The Balaban J connectivity index is 1.83. The number of carbonyl (C=O) groups excluding carboxylic acids is 1. The van der Waals surface area contributed by atoms with Gasteiger partial charge in [0.1, 0.15) is 11.4 Å². The molecule has 0 bridgehead atoms. The quantitative estimate of drug-likeness (QED) is 0.469. The summed E-state index contributed by atoms with van der Waals surface area (Å²) in [4.78, 5) is 13.8. The first-order valence-corrected chi connectivity index (χ1v) is 10.9. The van der Waals surface area contributed by atoms with E-state index in [0.29, 0.717) is 6.42 Å². The van der Waals surface area contributed by atoms with E-state index in [-0.39, 0.29) is 37.3 Å². The van der Waals surface area contributed by atoms with Crippen molar-refractivity contribution in [2.24, 2.45) is 0 Å². The van der Waals surface area contributed by atoms with Gasteiger partial charge in [0.2, 0.25) is 0 Å². The van der Waals surface area contributed by atoms with Crippen LogP contribution < -0.4 is 0 Å². The van der Waals surface area contributed by atoms with Crippen LogP contribution in [0.2, 0.25) is 0 Å². The summed E-state index contributed by atoms with van der Waals surface area (Å²) in [7, 11) is -5.82. The molecule has 0 radical (unpaired) electrons. The monoisotopic (exact) mass is 451 g/mol. The van der Waals surface area contributed by atoms with E-state index in [9.17, 15) is 26.4 Å². The number of likely N-dealkylation sites (tertiary alicyclic amines) is 1. The zero-order valence-electron chi connectivity index (χ0n) is 16.9. The van der Waals surface area contributed by atoms with Crippen molar-refractivity contribution in [2.45, 2.75) is 62.8 Å². The number of hydrogen-bond donors (Lipinski definition) is 0. The van der Waals surface area contributed by atoms with Crippen molar-refractivity contribution in [2.75, 3.05) is 13.1 Å². The number of halogens is 3. The van der Waals surface area contributed by atoms with Gasteiger partial charge in [-0.3, -0.25) is 0 Å². The topological polar surface area (TPSA) is 82.1 Å². The number of allylic oxidation sites excluding steroid dienone is 2. The van der Waals surface area contributed by atoms with E-state index < -0.39 is 39.0 Å². The molecule has 1 atom stereocenters. The van der Waals surface area contributed by atoms with Crippen LogP contribution in [0, 0.1) is 0 Å². The highest BCUT2D eigenvalue weighted by Crippen LogP contribution is 2.42. The smallest absolute Gasteiger partial charge is 0.444 e. The number of carbonyl (C=O) groups is 1. The van der Waals surface area contributed by atoms with Crippen molar-refractivity contribution >= 4 is 16.2 Å². The molecule has 1 amide bonds. The number of nitrogens with zero attached hydrogens (tertiary/aromatic N) is 1. The van der Waals surface area contributed by atoms with E-state index in [1.807, 2.05) is 0 Å². The van der Waals surface area contributed by atoms with Crippen LogP contribution in [-0.2, 0) is 23.8 Å². The molecule has 1 unspecified atom stereocenters. The fourth-order valence-corrected chi connectivity index (χ4v) is 3.97. The van der Waals surface area contributed by atoms with Crippen molar-refractivity contribution in [3.8, 4) is 0 Å². The number of alkyl halides is 3. The maximum atomic E-state index is 12.9. The lowest BCUT2D eigenvalue weighted by atomic mass is 9.84. The van der Waals surface area contributed by atoms with Crippen molar-refractivity contribution in [3.63, 3.8) is 0 Å². The summed E-state index contributed by atoms with van der Waals surface area (Å²) in [6.07, 6.45) is 5.93. The molecule has 3 rings (SSSR count). The Labute approximate surface area is 173 Å². The zero-order chi connectivity index (χ0) is 22.4. The first-order chi connectivity index (χ1) is 13.7. The average Bonchev–Trinajstić information content (AvgIpc) is 2.59. The third-order valence-electron chi connectivity index (χ3n) is 4.91. The van der Waals surface area contributed by atoms with Crippen LogP contribution in [-0.4, -0.2) is 55.3 Å². The Morgan fingerprint density at radius 1 is 1.23 bits per heavy atom. The minimum atomic E-state index is -5.82. The summed E-state index contributed by atoms with van der Waals surface area (Å²) < 4.78 is 77.8. The lowest BCUT2D eigenvalue weighted by molar-refractivity contribution is -0.0899. The molecule has 11 heteroatoms. The maximum Gasteiger partial charge on any atom is 0.534 e. The van der Waals surface area contributed by atoms with E-state index in [1.54, 1.807) is 32.9 Å². The molecule has 2 aliphatic heterocycles. The van der Waals surface area contributed by atoms with Gasteiger partial charge in [0.15, 0.2) is 0 Å². The minimum absolute atomic E-state index is 0.241. The minimum Gasteiger partial charge on any atom is -0.444 e. The molecule has 1 fully saturated rings. The van der Waals surface area contributed by atoms with E-state index in [2.05, 4.69) is 4.18 Å². The lowest BCUT2D eigenvalue weighted by Crippen LogP contribution is -2.51. The van der Waals surface area contributed by atoms with Crippen LogP contribution in [0.1, 0.15) is 40.0 Å². The van der Waals surface area contributed by atoms with E-state index in [0.717, 1.165) is 0 Å². The molecule has 1 saturated heterocycles. The summed E-state index contributed by atoms with van der Waals surface area (Å²) in [5.41, 5.74) is -7.00. The number of piperidine rings is 1. The van der Waals surface area contributed by atoms with Crippen LogP contribution in [0.15, 0.2) is 35.6 Å². The van der Waals surface area contributed by atoms with Crippen molar-refractivity contribution in [1.29, 1.82) is 0 Å². The summed E-state index contributed by atoms with van der Waals surface area (Å²) in [6.45, 7) is 5.73. The average molecular weight is 451 g/mol. The summed E-state index contributed by atoms with van der Waals surface area (Å²) in [5, 5.41) is 0. The largest absolute Gasteiger partial charge is 0.534 e. The fourth-order valence-electron chi connectivity index (χ4n) is 3.49. The second-order valence-corrected chi connectivity index (χ2v) is 9.95. The highest BCUT2D eigenvalue weighted by atomic mass is 32.2. The molecule has 0 aromatic heterocycles. The molecular weight excluding hydrogens is 427 g/mol. The molecule has 1 aliphatic carbocycles. The Morgan fingerprint density at radius 3 is 2.43 bits per heavy atom. The van der Waals surface area contributed by atoms with Crippen LogP contribution in [0.3, 0.4) is 0 Å². The van der Waals surface area contributed by atoms with Crippen LogP contribution in [0.5, 0.6) is 0 Å². The number of hydrogen-bond acceptors (Lipinski definition) is 6. The van der Waals surface area contributed by atoms with Gasteiger partial charge >= 0.3 is 21.7 Å². The third kappa shape index (κ3) is 4.83. The second kappa shape index (κ2) is 7.60. The Hall–Kier alpha value is -2.01. The maximum absolute atomic E-state index is 12.9. The summed E-state index contributed by atoms with van der Waals surface area (Å²) in [6, 6.07) is 0. The second-order valence-electron chi connectivity index (χ2n) is 8.42. The van der Waals surface area contributed by atoms with E-state index >= 15 is 0 Å². The number of rotatable bonds is 2. The van der Waals surface area contributed by atoms with E-state index in [1.165, 1.54) is 17.1 Å². The molecule has 3 aliphatic rings. The fraction of sp³-hybridized carbons (Fsp3) is 0.632. The predicted molar refractivity (Wildman–Crippen MR) is 101 cm³/mol. The summed E-state index contributed by atoms with van der Waals surface area (Å²) in [5.74, 6) is -0.376. The van der Waals surface area contributed by atoms with Gasteiger partial charge in [0.25, 0.3) is 0 Å².